The van der Waals surface area contributed by atoms with Crippen molar-refractivity contribution in [1.82, 2.24) is 15.1 Å². The number of halogens is 5. The molecule has 33 heavy (non-hydrogen) atoms. The van der Waals surface area contributed by atoms with Crippen LogP contribution in [0, 0.1) is 0 Å². The van der Waals surface area contributed by atoms with Crippen LogP contribution in [0.15, 0.2) is 42.6 Å². The lowest BCUT2D eigenvalue weighted by Crippen LogP contribution is -2.49. The lowest BCUT2D eigenvalue weighted by atomic mass is 9.88. The standard InChI is InChI=1S/C21H19F5N4O3/c1-30-17-4-2-3-15(14(17)9-27-30)28-19(31)29-16-8-20(10-22,11-23)33-18-7-12(5-6-13(16)18)32-21(24,25)26/h2-7,9,16H,8,10-11H2,1H3,(H2,28,29,31)/t16-/m1/s1. The minimum Gasteiger partial charge on any atom is -0.481 e. The van der Waals surface area contributed by atoms with E-state index in [0.29, 0.717) is 11.1 Å². The second-order valence-corrected chi connectivity index (χ2v) is 7.66. The molecule has 0 bridgehead atoms. The molecular weight excluding hydrogens is 451 g/mol. The van der Waals surface area contributed by atoms with Gasteiger partial charge in [-0.25, -0.2) is 13.6 Å². The zero-order chi connectivity index (χ0) is 23.8. The van der Waals surface area contributed by atoms with Crippen molar-refractivity contribution in [1.29, 1.82) is 0 Å². The minimum absolute atomic E-state index is 0.210. The van der Waals surface area contributed by atoms with E-state index in [2.05, 4.69) is 20.5 Å². The number of anilines is 1. The lowest BCUT2D eigenvalue weighted by molar-refractivity contribution is -0.274. The first-order valence-electron chi connectivity index (χ1n) is 9.82. The normalized spacial score (nSPS) is 17.2. The fourth-order valence-corrected chi connectivity index (χ4v) is 3.78. The average molecular weight is 470 g/mol. The van der Waals surface area contributed by atoms with Crippen molar-refractivity contribution in [2.24, 2.45) is 7.05 Å². The third-order valence-electron chi connectivity index (χ3n) is 5.33. The van der Waals surface area contributed by atoms with Crippen LogP contribution in [0.2, 0.25) is 0 Å². The number of amides is 2. The lowest BCUT2D eigenvalue weighted by Gasteiger charge is -2.39. The van der Waals surface area contributed by atoms with Crippen molar-refractivity contribution in [2.45, 2.75) is 24.4 Å². The zero-order valence-electron chi connectivity index (χ0n) is 17.2. The minimum atomic E-state index is -4.95. The number of rotatable bonds is 5. The molecule has 7 nitrogen and oxygen atoms in total. The number of hydrogen-bond acceptors (Lipinski definition) is 4. The average Bonchev–Trinajstić information content (AvgIpc) is 3.14. The molecule has 2 heterocycles. The number of carbonyl (C=O) groups is 1. The van der Waals surface area contributed by atoms with Crippen LogP contribution in [0.3, 0.4) is 0 Å². The third-order valence-corrected chi connectivity index (χ3v) is 5.33. The number of benzene rings is 2. The number of aryl methyl sites for hydroxylation is 1. The Morgan fingerprint density at radius 2 is 2.03 bits per heavy atom. The van der Waals surface area contributed by atoms with Crippen molar-refractivity contribution in [3.8, 4) is 11.5 Å². The SMILES string of the molecule is Cn1ncc2c(NC(=O)N[C@@H]3CC(CF)(CF)Oc4cc(OC(F)(F)F)ccc43)cccc21. The van der Waals surface area contributed by atoms with Gasteiger partial charge in [0.1, 0.15) is 24.8 Å². The van der Waals surface area contributed by atoms with Crippen molar-refractivity contribution >= 4 is 22.6 Å². The smallest absolute Gasteiger partial charge is 0.481 e. The van der Waals surface area contributed by atoms with E-state index >= 15 is 0 Å². The topological polar surface area (TPSA) is 77.4 Å². The van der Waals surface area contributed by atoms with E-state index in [1.807, 2.05) is 6.07 Å². The Labute approximate surface area is 184 Å². The molecule has 1 aliphatic rings. The summed E-state index contributed by atoms with van der Waals surface area (Å²) in [5.41, 5.74) is -0.459. The Morgan fingerprint density at radius 3 is 2.73 bits per heavy atom. The van der Waals surface area contributed by atoms with Crippen LogP contribution < -0.4 is 20.1 Å². The number of ether oxygens (including phenoxy) is 2. The van der Waals surface area contributed by atoms with Crippen molar-refractivity contribution in [3.63, 3.8) is 0 Å². The summed E-state index contributed by atoms with van der Waals surface area (Å²) in [5.74, 6) is -0.820. The molecular formula is C21H19F5N4O3. The summed E-state index contributed by atoms with van der Waals surface area (Å²) in [7, 11) is 1.75. The van der Waals surface area contributed by atoms with E-state index in [1.54, 1.807) is 30.1 Å². The van der Waals surface area contributed by atoms with Crippen LogP contribution in [0.5, 0.6) is 11.5 Å². The van der Waals surface area contributed by atoms with Gasteiger partial charge < -0.3 is 20.1 Å². The maximum atomic E-state index is 13.7. The van der Waals surface area contributed by atoms with E-state index in [1.165, 1.54) is 6.07 Å². The molecule has 0 radical (unpaired) electrons. The Bertz CT molecular complexity index is 1180. The molecule has 0 spiro atoms. The molecule has 0 fully saturated rings. The quantitative estimate of drug-likeness (QED) is 0.526. The number of hydrogen-bond donors (Lipinski definition) is 2. The second kappa shape index (κ2) is 8.41. The molecule has 2 N–H and O–H groups in total. The van der Waals surface area contributed by atoms with Gasteiger partial charge in [0.25, 0.3) is 0 Å². The summed E-state index contributed by atoms with van der Waals surface area (Å²) >= 11 is 0. The Hall–Kier alpha value is -3.57. The highest BCUT2D eigenvalue weighted by molar-refractivity contribution is 6.00. The summed E-state index contributed by atoms with van der Waals surface area (Å²) in [6.07, 6.45) is -3.64. The van der Waals surface area contributed by atoms with Crippen LogP contribution in [0.25, 0.3) is 10.9 Å². The van der Waals surface area contributed by atoms with E-state index in [-0.39, 0.29) is 17.7 Å². The van der Waals surface area contributed by atoms with Gasteiger partial charge in [0, 0.05) is 30.5 Å². The zero-order valence-corrected chi connectivity index (χ0v) is 17.2. The highest BCUT2D eigenvalue weighted by atomic mass is 19.4. The Kier molecular flexibility index (Phi) is 5.76. The van der Waals surface area contributed by atoms with E-state index < -0.39 is 43.1 Å². The van der Waals surface area contributed by atoms with Crippen molar-refractivity contribution in [3.05, 3.63) is 48.2 Å². The van der Waals surface area contributed by atoms with Gasteiger partial charge in [0.05, 0.1) is 23.4 Å². The van der Waals surface area contributed by atoms with Gasteiger partial charge in [-0.3, -0.25) is 4.68 Å². The molecule has 0 saturated heterocycles. The van der Waals surface area contributed by atoms with E-state index in [0.717, 1.165) is 17.6 Å². The number of urea groups is 1. The second-order valence-electron chi connectivity index (χ2n) is 7.66. The fourth-order valence-electron chi connectivity index (χ4n) is 3.78. The van der Waals surface area contributed by atoms with Gasteiger partial charge in [-0.1, -0.05) is 6.07 Å². The fraction of sp³-hybridized carbons (Fsp3) is 0.333. The molecule has 4 rings (SSSR count). The summed E-state index contributed by atoms with van der Waals surface area (Å²) in [6.45, 7) is -2.50. The van der Waals surface area contributed by atoms with Crippen LogP contribution in [-0.2, 0) is 7.05 Å². The number of alkyl halides is 5. The number of aromatic nitrogens is 2. The van der Waals surface area contributed by atoms with Gasteiger partial charge in [-0.05, 0) is 24.3 Å². The van der Waals surface area contributed by atoms with Crippen molar-refractivity contribution < 1.29 is 36.2 Å². The summed E-state index contributed by atoms with van der Waals surface area (Å²) in [5, 5.41) is 10.1. The van der Waals surface area contributed by atoms with Gasteiger partial charge in [0.15, 0.2) is 5.60 Å². The van der Waals surface area contributed by atoms with Crippen LogP contribution in [0.4, 0.5) is 32.4 Å². The highest BCUT2D eigenvalue weighted by Gasteiger charge is 2.43. The highest BCUT2D eigenvalue weighted by Crippen LogP contribution is 2.42. The van der Waals surface area contributed by atoms with Gasteiger partial charge >= 0.3 is 12.4 Å². The van der Waals surface area contributed by atoms with Gasteiger partial charge in [-0.2, -0.15) is 5.10 Å². The molecule has 1 atom stereocenters. The summed E-state index contributed by atoms with van der Waals surface area (Å²) in [4.78, 5) is 12.7. The molecule has 1 aromatic heterocycles. The molecule has 2 aromatic carbocycles. The van der Waals surface area contributed by atoms with Crippen LogP contribution >= 0.6 is 0 Å². The molecule has 0 aliphatic carbocycles. The first kappa shape index (κ1) is 22.6. The first-order valence-corrected chi connectivity index (χ1v) is 9.82. The summed E-state index contributed by atoms with van der Waals surface area (Å²) < 4.78 is 76.0. The largest absolute Gasteiger partial charge is 0.573 e. The molecule has 3 aromatic rings. The number of carbonyl (C=O) groups excluding carboxylic acids is 1. The molecule has 2 amide bonds. The Balaban J connectivity index is 1.60. The maximum absolute atomic E-state index is 13.7. The first-order chi connectivity index (χ1) is 15.6. The van der Waals surface area contributed by atoms with E-state index in [4.69, 9.17) is 4.74 Å². The maximum Gasteiger partial charge on any atom is 0.573 e. The molecule has 0 unspecified atom stereocenters. The number of nitrogens with zero attached hydrogens (tertiary/aromatic N) is 2. The van der Waals surface area contributed by atoms with Gasteiger partial charge in [-0.15, -0.1) is 13.2 Å². The van der Waals surface area contributed by atoms with E-state index in [9.17, 15) is 26.7 Å². The number of nitrogens with one attached hydrogen (secondary N) is 2. The number of fused-ring (bicyclic) bond motifs is 2. The van der Waals surface area contributed by atoms with Crippen molar-refractivity contribution in [2.75, 3.05) is 18.7 Å². The van der Waals surface area contributed by atoms with Gasteiger partial charge in [0.2, 0.25) is 0 Å². The predicted molar refractivity (Wildman–Crippen MR) is 109 cm³/mol. The molecule has 176 valence electrons. The van der Waals surface area contributed by atoms with Crippen LogP contribution in [-0.4, -0.2) is 41.1 Å². The molecule has 0 saturated carbocycles. The van der Waals surface area contributed by atoms with Crippen LogP contribution in [0.1, 0.15) is 18.0 Å². The third kappa shape index (κ3) is 4.64. The summed E-state index contributed by atoms with van der Waals surface area (Å²) in [6, 6.07) is 6.78. The molecule has 12 heteroatoms. The monoisotopic (exact) mass is 470 g/mol. The predicted octanol–water partition coefficient (Wildman–Crippen LogP) is 4.80. The Morgan fingerprint density at radius 1 is 1.27 bits per heavy atom. The molecule has 1 aliphatic heterocycles.